The highest BCUT2D eigenvalue weighted by Crippen LogP contribution is 2.19. The van der Waals surface area contributed by atoms with Crippen LogP contribution in [0.1, 0.15) is 29.2 Å². The van der Waals surface area contributed by atoms with Gasteiger partial charge in [-0.25, -0.2) is 8.42 Å². The van der Waals surface area contributed by atoms with Gasteiger partial charge in [0.05, 0.1) is 25.0 Å². The van der Waals surface area contributed by atoms with Crippen molar-refractivity contribution in [3.63, 3.8) is 0 Å². The van der Waals surface area contributed by atoms with Crippen molar-refractivity contribution in [2.45, 2.75) is 26.3 Å². The van der Waals surface area contributed by atoms with Crippen molar-refractivity contribution < 1.29 is 17.9 Å². The second kappa shape index (κ2) is 6.85. The van der Waals surface area contributed by atoms with Crippen LogP contribution in [0.5, 0.6) is 0 Å². The molecule has 0 aliphatic carbocycles. The molecule has 0 amide bonds. The molecule has 0 aliphatic heterocycles. The van der Waals surface area contributed by atoms with Gasteiger partial charge < -0.3 is 10.5 Å². The number of rotatable bonds is 6. The lowest BCUT2D eigenvalue weighted by Gasteiger charge is -2.15. The summed E-state index contributed by atoms with van der Waals surface area (Å²) in [4.78, 5) is 11.0. The predicted molar refractivity (Wildman–Crippen MR) is 78.1 cm³/mol. The molecule has 1 unspecified atom stereocenters. The number of carbonyl (C=O) groups excluding carboxylic acids is 1. The van der Waals surface area contributed by atoms with Crippen LogP contribution in [0.3, 0.4) is 0 Å². The van der Waals surface area contributed by atoms with E-state index in [1.54, 1.807) is 0 Å². The molecule has 5 nitrogen and oxygen atoms in total. The highest BCUT2D eigenvalue weighted by molar-refractivity contribution is 7.91. The van der Waals surface area contributed by atoms with Crippen LogP contribution in [0.25, 0.3) is 0 Å². The molecule has 1 aromatic carbocycles. The third kappa shape index (κ3) is 4.94. The Bertz CT molecular complexity index is 581. The normalized spacial score (nSPS) is 13.0. The van der Waals surface area contributed by atoms with E-state index in [9.17, 15) is 13.2 Å². The van der Waals surface area contributed by atoms with Gasteiger partial charge >= 0.3 is 5.97 Å². The van der Waals surface area contributed by atoms with Crippen LogP contribution in [0, 0.1) is 13.8 Å². The molecule has 0 radical (unpaired) electrons. The molecule has 112 valence electrons. The maximum Gasteiger partial charge on any atom is 0.306 e. The molecule has 0 saturated heterocycles. The lowest BCUT2D eigenvalue weighted by Crippen LogP contribution is -2.25. The van der Waals surface area contributed by atoms with E-state index in [0.29, 0.717) is 0 Å². The van der Waals surface area contributed by atoms with Gasteiger partial charge in [0.1, 0.15) is 0 Å². The van der Waals surface area contributed by atoms with Crippen LogP contribution in [0.4, 0.5) is 0 Å². The van der Waals surface area contributed by atoms with Crippen molar-refractivity contribution in [1.82, 2.24) is 0 Å². The Morgan fingerprint density at radius 3 is 2.60 bits per heavy atom. The first-order chi connectivity index (χ1) is 9.25. The fourth-order valence-corrected chi connectivity index (χ4v) is 3.32. The van der Waals surface area contributed by atoms with Gasteiger partial charge in [-0.3, -0.25) is 4.79 Å². The van der Waals surface area contributed by atoms with Crippen LogP contribution >= 0.6 is 0 Å². The van der Waals surface area contributed by atoms with Gasteiger partial charge in [0.15, 0.2) is 9.84 Å². The maximum atomic E-state index is 11.9. The summed E-state index contributed by atoms with van der Waals surface area (Å²) in [6.45, 7) is 3.83. The minimum absolute atomic E-state index is 0.141. The molecule has 20 heavy (non-hydrogen) atoms. The number of nitrogens with two attached hydrogens (primary N) is 1. The molecule has 0 heterocycles. The lowest BCUT2D eigenvalue weighted by atomic mass is 10.0. The monoisotopic (exact) mass is 299 g/mol. The number of benzene rings is 1. The van der Waals surface area contributed by atoms with Crippen molar-refractivity contribution in [2.75, 3.05) is 18.6 Å². The van der Waals surface area contributed by atoms with Crippen LogP contribution < -0.4 is 5.73 Å². The molecule has 0 saturated carbocycles. The molecule has 0 fully saturated rings. The Morgan fingerprint density at radius 2 is 2.00 bits per heavy atom. The van der Waals surface area contributed by atoms with Crippen molar-refractivity contribution in [1.29, 1.82) is 0 Å². The number of hydrogen-bond acceptors (Lipinski definition) is 5. The zero-order valence-corrected chi connectivity index (χ0v) is 12.9. The molecule has 1 aromatic rings. The smallest absolute Gasteiger partial charge is 0.306 e. The van der Waals surface area contributed by atoms with E-state index in [-0.39, 0.29) is 17.9 Å². The number of esters is 1. The fourth-order valence-electron chi connectivity index (χ4n) is 1.95. The van der Waals surface area contributed by atoms with Crippen LogP contribution in [0.15, 0.2) is 18.2 Å². The largest absolute Gasteiger partial charge is 0.469 e. The molecule has 0 aliphatic rings. The first-order valence-corrected chi connectivity index (χ1v) is 8.17. The summed E-state index contributed by atoms with van der Waals surface area (Å²) in [7, 11) is -2.16. The number of aryl methyl sites for hydroxylation is 2. The van der Waals surface area contributed by atoms with Crippen LogP contribution in [-0.2, 0) is 19.4 Å². The number of hydrogen-bond donors (Lipinski definition) is 1. The quantitative estimate of drug-likeness (QED) is 0.800. The summed E-state index contributed by atoms with van der Waals surface area (Å²) >= 11 is 0. The van der Waals surface area contributed by atoms with Gasteiger partial charge in [-0.05, 0) is 25.0 Å². The second-order valence-corrected chi connectivity index (χ2v) is 7.14. The average molecular weight is 299 g/mol. The molecule has 1 rings (SSSR count). The molecule has 0 spiro atoms. The standard InChI is InChI=1S/C14H21NO4S/c1-10-4-5-11(2)12(8-10)13(15)9-20(17,18)7-6-14(16)19-3/h4-5,8,13H,6-7,9,15H2,1-3H3. The van der Waals surface area contributed by atoms with Crippen LogP contribution in [-0.4, -0.2) is 33.0 Å². The number of methoxy groups -OCH3 is 1. The van der Waals surface area contributed by atoms with Gasteiger partial charge in [-0.15, -0.1) is 0 Å². The zero-order valence-electron chi connectivity index (χ0n) is 12.0. The lowest BCUT2D eigenvalue weighted by molar-refractivity contribution is -0.140. The minimum atomic E-state index is -3.39. The van der Waals surface area contributed by atoms with Gasteiger partial charge in [0, 0.05) is 6.04 Å². The van der Waals surface area contributed by atoms with E-state index in [4.69, 9.17) is 5.73 Å². The summed E-state index contributed by atoms with van der Waals surface area (Å²) in [5, 5.41) is 0. The van der Waals surface area contributed by atoms with E-state index in [1.807, 2.05) is 32.0 Å². The van der Waals surface area contributed by atoms with E-state index in [1.165, 1.54) is 7.11 Å². The SMILES string of the molecule is COC(=O)CCS(=O)(=O)CC(N)c1cc(C)ccc1C. The number of carbonyl (C=O) groups is 1. The van der Waals surface area contributed by atoms with Crippen molar-refractivity contribution in [3.05, 3.63) is 34.9 Å². The topological polar surface area (TPSA) is 86.5 Å². The molecule has 2 N–H and O–H groups in total. The summed E-state index contributed by atoms with van der Waals surface area (Å²) in [6.07, 6.45) is -0.141. The Balaban J connectivity index is 2.76. The Kier molecular flexibility index (Phi) is 5.71. The highest BCUT2D eigenvalue weighted by atomic mass is 32.2. The Morgan fingerprint density at radius 1 is 1.35 bits per heavy atom. The first-order valence-electron chi connectivity index (χ1n) is 6.35. The third-order valence-corrected chi connectivity index (χ3v) is 4.81. The minimum Gasteiger partial charge on any atom is -0.469 e. The Labute approximate surface area is 120 Å². The highest BCUT2D eigenvalue weighted by Gasteiger charge is 2.20. The van der Waals surface area contributed by atoms with Crippen molar-refractivity contribution in [3.8, 4) is 0 Å². The number of ether oxygens (including phenoxy) is 1. The molecule has 0 aromatic heterocycles. The third-order valence-electron chi connectivity index (χ3n) is 3.11. The van der Waals surface area contributed by atoms with Gasteiger partial charge in [-0.2, -0.15) is 0 Å². The fraction of sp³-hybridized carbons (Fsp3) is 0.500. The first kappa shape index (κ1) is 16.7. The van der Waals surface area contributed by atoms with Crippen molar-refractivity contribution in [2.24, 2.45) is 5.73 Å². The van der Waals surface area contributed by atoms with Crippen molar-refractivity contribution >= 4 is 15.8 Å². The van der Waals surface area contributed by atoms with Gasteiger partial charge in [0.25, 0.3) is 0 Å². The second-order valence-electron chi connectivity index (χ2n) is 4.91. The molecule has 6 heteroatoms. The van der Waals surface area contributed by atoms with E-state index < -0.39 is 21.8 Å². The molecule has 1 atom stereocenters. The number of sulfone groups is 1. The summed E-state index contributed by atoms with van der Waals surface area (Å²) in [5.74, 6) is -0.944. The molecular formula is C14H21NO4S. The summed E-state index contributed by atoms with van der Waals surface area (Å²) < 4.78 is 28.3. The summed E-state index contributed by atoms with van der Waals surface area (Å²) in [5.41, 5.74) is 8.82. The zero-order chi connectivity index (χ0) is 15.3. The molecule has 0 bridgehead atoms. The Hall–Kier alpha value is -1.40. The van der Waals surface area contributed by atoms with E-state index in [2.05, 4.69) is 4.74 Å². The summed E-state index contributed by atoms with van der Waals surface area (Å²) in [6, 6.07) is 5.19. The van der Waals surface area contributed by atoms with E-state index >= 15 is 0 Å². The maximum absolute atomic E-state index is 11.9. The predicted octanol–water partition coefficient (Wildman–Crippen LogP) is 1.28. The average Bonchev–Trinajstić information content (AvgIpc) is 2.38. The van der Waals surface area contributed by atoms with Gasteiger partial charge in [0.2, 0.25) is 0 Å². The van der Waals surface area contributed by atoms with E-state index in [0.717, 1.165) is 16.7 Å². The molecular weight excluding hydrogens is 278 g/mol. The van der Waals surface area contributed by atoms with Gasteiger partial charge in [-0.1, -0.05) is 23.8 Å². The van der Waals surface area contributed by atoms with Crippen LogP contribution in [0.2, 0.25) is 0 Å².